The summed E-state index contributed by atoms with van der Waals surface area (Å²) in [4.78, 5) is 33.7. The zero-order valence-corrected chi connectivity index (χ0v) is 15.4. The van der Waals surface area contributed by atoms with Crippen molar-refractivity contribution in [2.45, 2.75) is 58.4 Å². The monoisotopic (exact) mass is 343 g/mol. The molecule has 0 spiro atoms. The normalized spacial score (nSPS) is 22.1. The van der Waals surface area contributed by atoms with Crippen LogP contribution in [0.3, 0.4) is 0 Å². The lowest BCUT2D eigenvalue weighted by Crippen LogP contribution is -2.43. The van der Waals surface area contributed by atoms with Crippen molar-refractivity contribution in [2.75, 3.05) is 19.6 Å². The fourth-order valence-electron chi connectivity index (χ4n) is 3.93. The van der Waals surface area contributed by atoms with Crippen LogP contribution in [-0.2, 0) is 0 Å². The minimum absolute atomic E-state index is 0.000245. The van der Waals surface area contributed by atoms with E-state index in [0.29, 0.717) is 23.1 Å². The molecular weight excluding hydrogens is 314 g/mol. The number of hydrogen-bond acceptors (Lipinski definition) is 3. The first-order valence-corrected chi connectivity index (χ1v) is 9.65. The molecule has 2 aliphatic heterocycles. The zero-order valence-electron chi connectivity index (χ0n) is 15.4. The predicted octanol–water partition coefficient (Wildman–Crippen LogP) is 3.36. The molecule has 0 bridgehead atoms. The Bertz CT molecular complexity index is 623. The van der Waals surface area contributed by atoms with Crippen molar-refractivity contribution in [3.63, 3.8) is 0 Å². The second-order valence-corrected chi connectivity index (χ2v) is 7.49. The summed E-state index contributed by atoms with van der Waals surface area (Å²) < 4.78 is 0. The van der Waals surface area contributed by atoms with Gasteiger partial charge in [-0.15, -0.1) is 0 Å². The molecule has 1 aromatic heterocycles. The highest BCUT2D eigenvalue weighted by Gasteiger charge is 2.27. The highest BCUT2D eigenvalue weighted by atomic mass is 16.2. The summed E-state index contributed by atoms with van der Waals surface area (Å²) in [6.45, 7) is 6.75. The maximum absolute atomic E-state index is 12.9. The van der Waals surface area contributed by atoms with E-state index in [2.05, 4.69) is 18.8 Å². The van der Waals surface area contributed by atoms with Crippen molar-refractivity contribution < 1.29 is 9.59 Å². The second kappa shape index (κ2) is 7.98. The summed E-state index contributed by atoms with van der Waals surface area (Å²) in [5.41, 5.74) is 1.07. The van der Waals surface area contributed by atoms with Crippen LogP contribution >= 0.6 is 0 Å². The van der Waals surface area contributed by atoms with Crippen LogP contribution in [0.1, 0.15) is 73.1 Å². The minimum atomic E-state index is -0.000245. The molecule has 2 amide bonds. The van der Waals surface area contributed by atoms with Crippen LogP contribution in [0.5, 0.6) is 0 Å². The van der Waals surface area contributed by atoms with Crippen molar-refractivity contribution in [3.8, 4) is 0 Å². The molecule has 5 heteroatoms. The largest absolute Gasteiger partial charge is 0.339 e. The van der Waals surface area contributed by atoms with E-state index < -0.39 is 0 Å². The molecule has 0 radical (unpaired) electrons. The highest BCUT2D eigenvalue weighted by Crippen LogP contribution is 2.23. The van der Waals surface area contributed by atoms with Crippen LogP contribution in [0.15, 0.2) is 18.5 Å². The van der Waals surface area contributed by atoms with E-state index in [0.717, 1.165) is 51.7 Å². The van der Waals surface area contributed by atoms with Crippen LogP contribution in [-0.4, -0.2) is 52.3 Å². The Balaban J connectivity index is 1.74. The lowest BCUT2D eigenvalue weighted by molar-refractivity contribution is 0.0607. The third kappa shape index (κ3) is 4.02. The number of carbonyl (C=O) groups excluding carboxylic acids is 2. The SMILES string of the molecule is CCC1CCCCN1C(=O)c1cncc(C(=O)N2CCC(C)CC2)c1. The topological polar surface area (TPSA) is 53.5 Å². The van der Waals surface area contributed by atoms with Crippen molar-refractivity contribution >= 4 is 11.8 Å². The highest BCUT2D eigenvalue weighted by molar-refractivity contribution is 5.99. The number of rotatable bonds is 3. The Hall–Kier alpha value is -1.91. The number of carbonyl (C=O) groups is 2. The van der Waals surface area contributed by atoms with Crippen molar-refractivity contribution in [2.24, 2.45) is 5.92 Å². The van der Waals surface area contributed by atoms with E-state index in [4.69, 9.17) is 0 Å². The van der Waals surface area contributed by atoms with Gasteiger partial charge < -0.3 is 9.80 Å². The number of piperidine rings is 2. The molecule has 2 fully saturated rings. The van der Waals surface area contributed by atoms with Crippen LogP contribution in [0, 0.1) is 5.92 Å². The van der Waals surface area contributed by atoms with Gasteiger partial charge in [-0.05, 0) is 50.5 Å². The van der Waals surface area contributed by atoms with Gasteiger partial charge >= 0.3 is 0 Å². The van der Waals surface area contributed by atoms with Gasteiger partial charge in [0.2, 0.25) is 0 Å². The van der Waals surface area contributed by atoms with Crippen molar-refractivity contribution in [3.05, 3.63) is 29.6 Å². The fourth-order valence-corrected chi connectivity index (χ4v) is 3.93. The molecular formula is C20H29N3O2. The number of aromatic nitrogens is 1. The van der Waals surface area contributed by atoms with Gasteiger partial charge in [-0.2, -0.15) is 0 Å². The molecule has 1 atom stereocenters. The first kappa shape index (κ1) is 17.9. The molecule has 5 nitrogen and oxygen atoms in total. The van der Waals surface area contributed by atoms with Gasteiger partial charge in [-0.1, -0.05) is 13.8 Å². The van der Waals surface area contributed by atoms with E-state index in [-0.39, 0.29) is 11.8 Å². The minimum Gasteiger partial charge on any atom is -0.339 e. The summed E-state index contributed by atoms with van der Waals surface area (Å²) in [5.74, 6) is 0.695. The number of likely N-dealkylation sites (tertiary alicyclic amines) is 2. The third-order valence-corrected chi connectivity index (χ3v) is 5.66. The number of pyridine rings is 1. The van der Waals surface area contributed by atoms with Gasteiger partial charge in [0.1, 0.15) is 0 Å². The standard InChI is InChI=1S/C20H29N3O2/c1-3-18-6-4-5-9-23(18)20(25)17-12-16(13-21-14-17)19(24)22-10-7-15(2)8-11-22/h12-15,18H,3-11H2,1-2H3. The summed E-state index contributed by atoms with van der Waals surface area (Å²) in [6.07, 6.45) is 9.56. The third-order valence-electron chi connectivity index (χ3n) is 5.66. The Kier molecular flexibility index (Phi) is 5.71. The van der Waals surface area contributed by atoms with Crippen LogP contribution in [0.25, 0.3) is 0 Å². The van der Waals surface area contributed by atoms with Crippen LogP contribution in [0.2, 0.25) is 0 Å². The fraction of sp³-hybridized carbons (Fsp3) is 0.650. The Morgan fingerprint density at radius 3 is 2.40 bits per heavy atom. The molecule has 136 valence electrons. The quantitative estimate of drug-likeness (QED) is 0.845. The molecule has 1 aromatic rings. The molecule has 3 rings (SSSR count). The van der Waals surface area contributed by atoms with E-state index in [1.54, 1.807) is 18.5 Å². The molecule has 3 heterocycles. The van der Waals surface area contributed by atoms with Crippen LogP contribution < -0.4 is 0 Å². The summed E-state index contributed by atoms with van der Waals surface area (Å²) in [6, 6.07) is 2.04. The molecule has 0 aliphatic carbocycles. The number of nitrogens with zero attached hydrogens (tertiary/aromatic N) is 3. The van der Waals surface area contributed by atoms with Gasteiger partial charge in [0.05, 0.1) is 11.1 Å². The maximum Gasteiger partial charge on any atom is 0.255 e. The van der Waals surface area contributed by atoms with E-state index in [1.807, 2.05) is 9.80 Å². The van der Waals surface area contributed by atoms with Crippen LogP contribution in [0.4, 0.5) is 0 Å². The Morgan fingerprint density at radius 1 is 1.04 bits per heavy atom. The van der Waals surface area contributed by atoms with Gasteiger partial charge in [-0.3, -0.25) is 14.6 Å². The summed E-state index contributed by atoms with van der Waals surface area (Å²) >= 11 is 0. The Morgan fingerprint density at radius 2 is 1.72 bits per heavy atom. The maximum atomic E-state index is 12.9. The van der Waals surface area contributed by atoms with Gasteiger partial charge in [-0.25, -0.2) is 0 Å². The summed E-state index contributed by atoms with van der Waals surface area (Å²) in [5, 5.41) is 0. The van der Waals surface area contributed by atoms with E-state index >= 15 is 0 Å². The van der Waals surface area contributed by atoms with E-state index in [9.17, 15) is 9.59 Å². The molecule has 2 saturated heterocycles. The number of amides is 2. The molecule has 0 N–H and O–H groups in total. The smallest absolute Gasteiger partial charge is 0.255 e. The first-order chi connectivity index (χ1) is 12.1. The van der Waals surface area contributed by atoms with Gasteiger partial charge in [0, 0.05) is 38.1 Å². The average molecular weight is 343 g/mol. The zero-order chi connectivity index (χ0) is 17.8. The van der Waals surface area contributed by atoms with Gasteiger partial charge in [0.15, 0.2) is 0 Å². The average Bonchev–Trinajstić information content (AvgIpc) is 2.67. The van der Waals surface area contributed by atoms with E-state index in [1.165, 1.54) is 6.42 Å². The van der Waals surface area contributed by atoms with Gasteiger partial charge in [0.25, 0.3) is 11.8 Å². The Labute approximate surface area is 150 Å². The lowest BCUT2D eigenvalue weighted by atomic mass is 9.98. The lowest BCUT2D eigenvalue weighted by Gasteiger charge is -2.35. The molecule has 0 aromatic carbocycles. The molecule has 2 aliphatic rings. The van der Waals surface area contributed by atoms with Crippen molar-refractivity contribution in [1.82, 2.24) is 14.8 Å². The molecule has 25 heavy (non-hydrogen) atoms. The van der Waals surface area contributed by atoms with Crippen molar-refractivity contribution in [1.29, 1.82) is 0 Å². The predicted molar refractivity (Wildman–Crippen MR) is 97.5 cm³/mol. The first-order valence-electron chi connectivity index (χ1n) is 9.65. The molecule has 0 saturated carbocycles. The second-order valence-electron chi connectivity index (χ2n) is 7.49. The molecule has 1 unspecified atom stereocenters. The number of hydrogen-bond donors (Lipinski definition) is 0. The summed E-state index contributed by atoms with van der Waals surface area (Å²) in [7, 11) is 0.